The predicted molar refractivity (Wildman–Crippen MR) is 40.0 cm³/mol. The number of esters is 1. The Bertz CT molecular complexity index is 252. The maximum absolute atomic E-state index is 10.6. The van der Waals surface area contributed by atoms with Crippen LogP contribution in [0.2, 0.25) is 0 Å². The molecule has 0 unspecified atom stereocenters. The van der Waals surface area contributed by atoms with Crippen LogP contribution in [0, 0.1) is 0 Å². The first kappa shape index (κ1) is 11.2. The number of rotatable bonds is 4. The molecule has 6 heteroatoms. The highest BCUT2D eigenvalue weighted by Crippen LogP contribution is 2.11. The number of carboxylic acids is 2. The zero-order chi connectivity index (χ0) is 10.6. The van der Waals surface area contributed by atoms with Gasteiger partial charge in [-0.25, -0.2) is 14.4 Å². The van der Waals surface area contributed by atoms with E-state index in [0.29, 0.717) is 6.08 Å². The van der Waals surface area contributed by atoms with E-state index in [1.54, 1.807) is 0 Å². The smallest absolute Gasteiger partial charge is 0.359 e. The van der Waals surface area contributed by atoms with E-state index in [4.69, 9.17) is 10.2 Å². The lowest BCUT2D eigenvalue weighted by molar-refractivity contribution is -0.186. The molecule has 0 aromatic rings. The molecule has 0 spiro atoms. The van der Waals surface area contributed by atoms with Gasteiger partial charge >= 0.3 is 23.5 Å². The van der Waals surface area contributed by atoms with E-state index in [1.165, 1.54) is 0 Å². The Morgan fingerprint density at radius 1 is 1.31 bits per heavy atom. The molecule has 0 fully saturated rings. The molecule has 0 heterocycles. The van der Waals surface area contributed by atoms with Crippen molar-refractivity contribution in [2.24, 2.45) is 0 Å². The first-order valence-corrected chi connectivity index (χ1v) is 3.16. The number of carbonyl (C=O) groups is 3. The van der Waals surface area contributed by atoms with Gasteiger partial charge in [-0.3, -0.25) is 0 Å². The van der Waals surface area contributed by atoms with Crippen LogP contribution in [0.15, 0.2) is 12.7 Å². The number of carbonyl (C=O) groups excluding carboxylic acids is 1. The average Bonchev–Trinajstić information content (AvgIpc) is 2.03. The van der Waals surface area contributed by atoms with E-state index in [-0.39, 0.29) is 0 Å². The molecule has 2 N–H and O–H groups in total. The second-order valence-corrected chi connectivity index (χ2v) is 2.27. The van der Waals surface area contributed by atoms with Gasteiger partial charge in [-0.05, 0) is 6.92 Å². The molecular weight excluding hydrogens is 180 g/mol. The number of hydrogen-bond acceptors (Lipinski definition) is 4. The standard InChI is InChI=1S/C7H8O6/c1-3-4(8)13-7(2,5(9)10)6(11)12/h3H,1H2,2H3,(H,9,10)(H,11,12). The van der Waals surface area contributed by atoms with Crippen molar-refractivity contribution < 1.29 is 29.3 Å². The molecular formula is C7H8O6. The molecule has 0 aliphatic heterocycles. The maximum Gasteiger partial charge on any atom is 0.359 e. The van der Waals surface area contributed by atoms with Gasteiger partial charge in [-0.15, -0.1) is 0 Å². The molecule has 6 nitrogen and oxygen atoms in total. The van der Waals surface area contributed by atoms with Crippen LogP contribution in [-0.2, 0) is 19.1 Å². The summed E-state index contributed by atoms with van der Waals surface area (Å²) in [5.41, 5.74) is -2.56. The summed E-state index contributed by atoms with van der Waals surface area (Å²) in [6.45, 7) is 3.77. The monoisotopic (exact) mass is 188 g/mol. The van der Waals surface area contributed by atoms with E-state index in [9.17, 15) is 14.4 Å². The Morgan fingerprint density at radius 3 is 1.92 bits per heavy atom. The Hall–Kier alpha value is -1.85. The van der Waals surface area contributed by atoms with Crippen LogP contribution < -0.4 is 0 Å². The van der Waals surface area contributed by atoms with E-state index < -0.39 is 23.5 Å². The van der Waals surface area contributed by atoms with Crippen LogP contribution >= 0.6 is 0 Å². The van der Waals surface area contributed by atoms with Crippen LogP contribution in [0.1, 0.15) is 6.92 Å². The van der Waals surface area contributed by atoms with E-state index in [0.717, 1.165) is 6.92 Å². The maximum atomic E-state index is 10.6. The lowest BCUT2D eigenvalue weighted by Gasteiger charge is -2.18. The van der Waals surface area contributed by atoms with Crippen molar-refractivity contribution in [1.29, 1.82) is 0 Å². The normalized spacial score (nSPS) is 10.2. The molecule has 13 heavy (non-hydrogen) atoms. The summed E-state index contributed by atoms with van der Waals surface area (Å²) in [6, 6.07) is 0. The molecule has 0 radical (unpaired) electrons. The lowest BCUT2D eigenvalue weighted by Crippen LogP contribution is -2.47. The Kier molecular flexibility index (Phi) is 3.18. The lowest BCUT2D eigenvalue weighted by atomic mass is 10.1. The van der Waals surface area contributed by atoms with Gasteiger partial charge in [0.2, 0.25) is 0 Å². The minimum Gasteiger partial charge on any atom is -0.478 e. The zero-order valence-corrected chi connectivity index (χ0v) is 6.81. The van der Waals surface area contributed by atoms with Crippen molar-refractivity contribution in [2.75, 3.05) is 0 Å². The SMILES string of the molecule is C=CC(=O)OC(C)(C(=O)O)C(=O)O. The highest BCUT2D eigenvalue weighted by molar-refractivity contribution is 6.03. The summed E-state index contributed by atoms with van der Waals surface area (Å²) in [7, 11) is 0. The van der Waals surface area contributed by atoms with Crippen molar-refractivity contribution in [3.8, 4) is 0 Å². The van der Waals surface area contributed by atoms with Gasteiger partial charge in [0.15, 0.2) is 0 Å². The zero-order valence-electron chi connectivity index (χ0n) is 6.81. The molecule has 0 aromatic carbocycles. The number of hydrogen-bond donors (Lipinski definition) is 2. The van der Waals surface area contributed by atoms with Crippen LogP contribution in [0.25, 0.3) is 0 Å². The molecule has 72 valence electrons. The fraction of sp³-hybridized carbons (Fsp3) is 0.286. The largest absolute Gasteiger partial charge is 0.478 e. The molecule has 0 bridgehead atoms. The summed E-state index contributed by atoms with van der Waals surface area (Å²) in [5, 5.41) is 16.9. The molecule has 0 atom stereocenters. The topological polar surface area (TPSA) is 101 Å². The molecule has 0 aliphatic rings. The van der Waals surface area contributed by atoms with Crippen molar-refractivity contribution in [1.82, 2.24) is 0 Å². The van der Waals surface area contributed by atoms with Gasteiger partial charge in [-0.1, -0.05) is 6.58 Å². The third-order valence-corrected chi connectivity index (χ3v) is 1.29. The minimum atomic E-state index is -2.56. The Labute approximate surface area is 73.4 Å². The fourth-order valence-corrected chi connectivity index (χ4v) is 0.422. The van der Waals surface area contributed by atoms with Crippen LogP contribution in [-0.4, -0.2) is 33.7 Å². The second-order valence-electron chi connectivity index (χ2n) is 2.27. The quantitative estimate of drug-likeness (QED) is 0.355. The van der Waals surface area contributed by atoms with Crippen molar-refractivity contribution in [2.45, 2.75) is 12.5 Å². The molecule has 0 amide bonds. The Balaban J connectivity index is 4.82. The summed E-state index contributed by atoms with van der Waals surface area (Å²) >= 11 is 0. The average molecular weight is 188 g/mol. The molecule has 0 saturated carbocycles. The van der Waals surface area contributed by atoms with Crippen LogP contribution in [0.3, 0.4) is 0 Å². The van der Waals surface area contributed by atoms with Crippen molar-refractivity contribution in [3.63, 3.8) is 0 Å². The van der Waals surface area contributed by atoms with Gasteiger partial charge < -0.3 is 14.9 Å². The minimum absolute atomic E-state index is 0.685. The van der Waals surface area contributed by atoms with Gasteiger partial charge in [0.05, 0.1) is 0 Å². The van der Waals surface area contributed by atoms with Crippen LogP contribution in [0.4, 0.5) is 0 Å². The molecule has 0 rings (SSSR count). The first-order valence-electron chi connectivity index (χ1n) is 3.16. The summed E-state index contributed by atoms with van der Waals surface area (Å²) in [6.07, 6.45) is 0.685. The summed E-state index contributed by atoms with van der Waals surface area (Å²) < 4.78 is 4.15. The van der Waals surface area contributed by atoms with Gasteiger partial charge in [-0.2, -0.15) is 0 Å². The molecule has 0 saturated heterocycles. The Morgan fingerprint density at radius 2 is 1.69 bits per heavy atom. The first-order chi connectivity index (χ1) is 5.84. The van der Waals surface area contributed by atoms with Gasteiger partial charge in [0.25, 0.3) is 0 Å². The molecule has 0 aromatic heterocycles. The van der Waals surface area contributed by atoms with E-state index in [2.05, 4.69) is 11.3 Å². The second kappa shape index (κ2) is 3.70. The van der Waals surface area contributed by atoms with E-state index in [1.807, 2.05) is 0 Å². The van der Waals surface area contributed by atoms with Crippen LogP contribution in [0.5, 0.6) is 0 Å². The fourth-order valence-electron chi connectivity index (χ4n) is 0.422. The predicted octanol–water partition coefficient (Wildman–Crippen LogP) is -0.357. The number of aliphatic carboxylic acids is 2. The van der Waals surface area contributed by atoms with Crippen molar-refractivity contribution in [3.05, 3.63) is 12.7 Å². The third-order valence-electron chi connectivity index (χ3n) is 1.29. The highest BCUT2D eigenvalue weighted by Gasteiger charge is 2.45. The third kappa shape index (κ3) is 2.29. The summed E-state index contributed by atoms with van der Waals surface area (Å²) in [5.74, 6) is -4.61. The number of carboxylic acid groups (broad SMARTS) is 2. The van der Waals surface area contributed by atoms with Gasteiger partial charge in [0, 0.05) is 6.08 Å². The molecule has 0 aliphatic carbocycles. The highest BCUT2D eigenvalue weighted by atomic mass is 16.6. The number of ether oxygens (including phenoxy) is 1. The van der Waals surface area contributed by atoms with Gasteiger partial charge in [0.1, 0.15) is 0 Å². The summed E-state index contributed by atoms with van der Waals surface area (Å²) in [4.78, 5) is 31.4. The van der Waals surface area contributed by atoms with Crippen molar-refractivity contribution >= 4 is 17.9 Å². The van der Waals surface area contributed by atoms with E-state index >= 15 is 0 Å².